The number of nitrogens with one attached hydrogen (secondary N) is 2. The summed E-state index contributed by atoms with van der Waals surface area (Å²) in [6, 6.07) is 20.2. The van der Waals surface area contributed by atoms with Crippen LogP contribution in [0.4, 0.5) is 24.5 Å². The molecule has 4 aromatic carbocycles. The summed E-state index contributed by atoms with van der Waals surface area (Å²) in [6.07, 6.45) is -4.50. The van der Waals surface area contributed by atoms with Crippen LogP contribution in [-0.4, -0.2) is 20.8 Å². The van der Waals surface area contributed by atoms with Crippen LogP contribution in [0.1, 0.15) is 15.9 Å². The molecule has 0 atom stereocenters. The molecule has 1 amide bonds. The first-order chi connectivity index (χ1) is 18.1. The molecule has 0 aliphatic heterocycles. The lowest BCUT2D eigenvalue weighted by atomic mass is 10.0. The molecule has 38 heavy (non-hydrogen) atoms. The topological polar surface area (TPSA) is 101 Å². The highest BCUT2D eigenvalue weighted by Gasteiger charge is 2.30. The highest BCUT2D eigenvalue weighted by molar-refractivity contribution is 6.33. The number of aromatic amines is 1. The van der Waals surface area contributed by atoms with E-state index in [-0.39, 0.29) is 5.56 Å². The molecule has 0 saturated heterocycles. The Kier molecular flexibility index (Phi) is 6.33. The molecule has 0 radical (unpaired) electrons. The van der Waals surface area contributed by atoms with Crippen molar-refractivity contribution in [2.45, 2.75) is 6.18 Å². The summed E-state index contributed by atoms with van der Waals surface area (Å²) >= 11 is 6.36. The van der Waals surface area contributed by atoms with Gasteiger partial charge in [-0.3, -0.25) is 14.9 Å². The van der Waals surface area contributed by atoms with Crippen LogP contribution in [0.25, 0.3) is 33.5 Å². The Morgan fingerprint density at radius 3 is 2.34 bits per heavy atom. The quantitative estimate of drug-likeness (QED) is 0.177. The van der Waals surface area contributed by atoms with Gasteiger partial charge in [0, 0.05) is 17.3 Å². The maximum absolute atomic E-state index is 13.0. The fraction of sp³-hybridized carbons (Fsp3) is 0.0370. The van der Waals surface area contributed by atoms with Crippen LogP contribution in [0.15, 0.2) is 84.9 Å². The second-order valence-corrected chi connectivity index (χ2v) is 8.72. The number of halogens is 4. The van der Waals surface area contributed by atoms with Crippen molar-refractivity contribution >= 4 is 39.9 Å². The van der Waals surface area contributed by atoms with E-state index in [1.165, 1.54) is 24.3 Å². The van der Waals surface area contributed by atoms with E-state index in [0.29, 0.717) is 33.2 Å². The van der Waals surface area contributed by atoms with Crippen molar-refractivity contribution in [3.05, 3.63) is 111 Å². The average molecular weight is 537 g/mol. The molecule has 2 N–H and O–H groups in total. The van der Waals surface area contributed by atoms with Gasteiger partial charge in [0.05, 0.1) is 26.5 Å². The maximum atomic E-state index is 13.0. The number of benzene rings is 4. The monoisotopic (exact) mass is 536 g/mol. The minimum atomic E-state index is -4.50. The normalized spacial score (nSPS) is 11.5. The highest BCUT2D eigenvalue weighted by atomic mass is 35.5. The number of carbonyl (C=O) groups excluding carboxylic acids is 1. The number of alkyl halides is 3. The van der Waals surface area contributed by atoms with Crippen LogP contribution in [0, 0.1) is 10.1 Å². The van der Waals surface area contributed by atoms with E-state index in [9.17, 15) is 28.1 Å². The molecule has 5 aromatic rings. The third-order valence-corrected chi connectivity index (χ3v) is 6.18. The first-order valence-electron chi connectivity index (χ1n) is 11.1. The number of aromatic nitrogens is 2. The van der Waals surface area contributed by atoms with Gasteiger partial charge in [-0.1, -0.05) is 41.9 Å². The van der Waals surface area contributed by atoms with E-state index < -0.39 is 28.3 Å². The zero-order valence-corrected chi connectivity index (χ0v) is 20.0. The molecular formula is C27H16ClF3N4O3. The number of hydrogen-bond donors (Lipinski definition) is 2. The van der Waals surface area contributed by atoms with E-state index in [4.69, 9.17) is 11.6 Å². The van der Waals surface area contributed by atoms with Crippen LogP contribution in [0.5, 0.6) is 0 Å². The van der Waals surface area contributed by atoms with Crippen molar-refractivity contribution in [2.75, 3.05) is 5.32 Å². The minimum Gasteiger partial charge on any atom is -0.338 e. The Hall–Kier alpha value is -4.70. The first kappa shape index (κ1) is 25.0. The van der Waals surface area contributed by atoms with Crippen molar-refractivity contribution in [1.29, 1.82) is 0 Å². The molecule has 5 rings (SSSR count). The zero-order valence-electron chi connectivity index (χ0n) is 19.2. The fourth-order valence-electron chi connectivity index (χ4n) is 3.97. The largest absolute Gasteiger partial charge is 0.416 e. The number of anilines is 1. The van der Waals surface area contributed by atoms with E-state index in [0.717, 1.165) is 29.2 Å². The van der Waals surface area contributed by atoms with Gasteiger partial charge in [0.25, 0.3) is 11.6 Å². The molecule has 0 fully saturated rings. The van der Waals surface area contributed by atoms with Crippen molar-refractivity contribution in [1.82, 2.24) is 9.97 Å². The lowest BCUT2D eigenvalue weighted by Gasteiger charge is -2.10. The second-order valence-electron chi connectivity index (χ2n) is 8.32. The third-order valence-electron chi connectivity index (χ3n) is 5.85. The predicted octanol–water partition coefficient (Wildman–Crippen LogP) is 7.73. The van der Waals surface area contributed by atoms with Gasteiger partial charge in [-0.2, -0.15) is 13.2 Å². The van der Waals surface area contributed by atoms with Crippen LogP contribution in [0.3, 0.4) is 0 Å². The number of amides is 1. The molecular weight excluding hydrogens is 521 g/mol. The predicted molar refractivity (Wildman–Crippen MR) is 138 cm³/mol. The van der Waals surface area contributed by atoms with E-state index in [1.54, 1.807) is 18.2 Å². The van der Waals surface area contributed by atoms with Gasteiger partial charge in [-0.05, 0) is 59.7 Å². The molecule has 1 heterocycles. The molecule has 0 spiro atoms. The maximum Gasteiger partial charge on any atom is 0.416 e. The summed E-state index contributed by atoms with van der Waals surface area (Å²) in [5.74, 6) is -0.257. The van der Waals surface area contributed by atoms with Crippen LogP contribution in [-0.2, 0) is 6.18 Å². The highest BCUT2D eigenvalue weighted by Crippen LogP contribution is 2.34. The average Bonchev–Trinajstić information content (AvgIpc) is 3.33. The number of fused-ring (bicyclic) bond motifs is 1. The smallest absolute Gasteiger partial charge is 0.338 e. The summed E-state index contributed by atoms with van der Waals surface area (Å²) < 4.78 is 38.6. The molecule has 0 saturated carbocycles. The Balaban J connectivity index is 1.43. The summed E-state index contributed by atoms with van der Waals surface area (Å²) in [4.78, 5) is 31.7. The molecule has 7 nitrogen and oxygen atoms in total. The number of imidazole rings is 1. The summed E-state index contributed by atoms with van der Waals surface area (Å²) in [5.41, 5.74) is 1.47. The number of rotatable bonds is 5. The molecule has 0 aliphatic rings. The Morgan fingerprint density at radius 2 is 1.66 bits per heavy atom. The SMILES string of the molecule is O=C(Nc1ccc(Cl)c(-c2nc3ccccc3[nH]2)c1)c1ccc(-c2ccc(C(F)(F)F)cc2)cc1[N+](=O)[O-]. The number of nitro benzene ring substituents is 1. The summed E-state index contributed by atoms with van der Waals surface area (Å²) in [6.45, 7) is 0. The number of hydrogen-bond acceptors (Lipinski definition) is 4. The lowest BCUT2D eigenvalue weighted by Crippen LogP contribution is -2.14. The van der Waals surface area contributed by atoms with Gasteiger partial charge in [0.2, 0.25) is 0 Å². The second kappa shape index (κ2) is 9.64. The van der Waals surface area contributed by atoms with Gasteiger partial charge in [-0.15, -0.1) is 0 Å². The molecule has 11 heteroatoms. The standard InChI is InChI=1S/C27H16ClF3N4O3/c28-21-12-10-18(14-20(21)25-33-22-3-1-2-4-23(22)34-25)32-26(36)19-11-7-16(13-24(19)35(37)38)15-5-8-17(9-6-15)27(29,30)31/h1-14H,(H,32,36)(H,33,34). The van der Waals surface area contributed by atoms with E-state index in [1.807, 2.05) is 24.3 Å². The molecule has 1 aromatic heterocycles. The van der Waals surface area contributed by atoms with Gasteiger partial charge >= 0.3 is 6.18 Å². The number of para-hydroxylation sites is 2. The van der Waals surface area contributed by atoms with Gasteiger partial charge in [0.15, 0.2) is 0 Å². The Bertz CT molecular complexity index is 1670. The number of carbonyl (C=O) groups is 1. The Labute approximate surface area is 218 Å². The fourth-order valence-corrected chi connectivity index (χ4v) is 4.18. The van der Waals surface area contributed by atoms with E-state index >= 15 is 0 Å². The zero-order chi connectivity index (χ0) is 27.0. The molecule has 0 unspecified atom stereocenters. The number of nitrogens with zero attached hydrogens (tertiary/aromatic N) is 2. The van der Waals surface area contributed by atoms with Crippen molar-refractivity contribution in [3.8, 4) is 22.5 Å². The molecule has 0 bridgehead atoms. The van der Waals surface area contributed by atoms with Crippen molar-refractivity contribution in [2.24, 2.45) is 0 Å². The van der Waals surface area contributed by atoms with Gasteiger partial charge in [0.1, 0.15) is 11.4 Å². The third kappa shape index (κ3) is 4.94. The van der Waals surface area contributed by atoms with Crippen molar-refractivity contribution in [3.63, 3.8) is 0 Å². The molecule has 0 aliphatic carbocycles. The number of nitro groups is 1. The van der Waals surface area contributed by atoms with Gasteiger partial charge < -0.3 is 10.3 Å². The molecule has 190 valence electrons. The number of H-pyrrole nitrogens is 1. The summed E-state index contributed by atoms with van der Waals surface area (Å²) in [7, 11) is 0. The first-order valence-corrected chi connectivity index (χ1v) is 11.5. The van der Waals surface area contributed by atoms with Crippen LogP contribution >= 0.6 is 11.6 Å². The minimum absolute atomic E-state index is 0.217. The van der Waals surface area contributed by atoms with Crippen LogP contribution in [0.2, 0.25) is 5.02 Å². The lowest BCUT2D eigenvalue weighted by molar-refractivity contribution is -0.385. The van der Waals surface area contributed by atoms with Gasteiger partial charge in [-0.25, -0.2) is 4.98 Å². The van der Waals surface area contributed by atoms with E-state index in [2.05, 4.69) is 15.3 Å². The summed E-state index contributed by atoms with van der Waals surface area (Å²) in [5, 5.41) is 14.8. The van der Waals surface area contributed by atoms with Crippen LogP contribution < -0.4 is 5.32 Å². The Morgan fingerprint density at radius 1 is 0.947 bits per heavy atom. The van der Waals surface area contributed by atoms with Crippen molar-refractivity contribution < 1.29 is 22.9 Å².